The van der Waals surface area contributed by atoms with Crippen molar-refractivity contribution < 1.29 is 14.3 Å². The fraction of sp³-hybridized carbons (Fsp3) is 0.241. The van der Waals surface area contributed by atoms with E-state index in [1.165, 1.54) is 4.90 Å². The predicted octanol–water partition coefficient (Wildman–Crippen LogP) is 6.11. The molecule has 1 aliphatic heterocycles. The van der Waals surface area contributed by atoms with Gasteiger partial charge in [0.05, 0.1) is 17.9 Å². The molecule has 0 fully saturated rings. The molecule has 0 radical (unpaired) electrons. The van der Waals surface area contributed by atoms with Gasteiger partial charge >= 0.3 is 0 Å². The van der Waals surface area contributed by atoms with Crippen LogP contribution in [0.5, 0.6) is 5.75 Å². The van der Waals surface area contributed by atoms with Gasteiger partial charge in [0.1, 0.15) is 11.4 Å². The molecular weight excluding hydrogens is 424 g/mol. The number of benzene rings is 3. The lowest BCUT2D eigenvalue weighted by molar-refractivity contribution is -0.120. The molecule has 3 aromatic carbocycles. The monoisotopic (exact) mass is 454 g/mol. The summed E-state index contributed by atoms with van der Waals surface area (Å²) in [6.07, 6.45) is 0.911. The van der Waals surface area contributed by atoms with E-state index in [0.29, 0.717) is 23.4 Å². The van der Waals surface area contributed by atoms with E-state index >= 15 is 0 Å². The Hall–Kier alpha value is -3.86. The number of anilines is 2. The summed E-state index contributed by atoms with van der Waals surface area (Å²) in [5, 5.41) is 3.28. The van der Waals surface area contributed by atoms with E-state index in [2.05, 4.69) is 12.2 Å². The topological polar surface area (TPSA) is 58.6 Å². The molecule has 0 aromatic heterocycles. The van der Waals surface area contributed by atoms with Gasteiger partial charge in [0, 0.05) is 5.69 Å². The molecule has 2 amide bonds. The van der Waals surface area contributed by atoms with Gasteiger partial charge in [-0.3, -0.25) is 9.59 Å². The number of aryl methyl sites for hydroxylation is 4. The number of rotatable bonds is 7. The molecule has 0 saturated carbocycles. The van der Waals surface area contributed by atoms with E-state index in [0.717, 1.165) is 40.1 Å². The first-order valence-corrected chi connectivity index (χ1v) is 11.6. The van der Waals surface area contributed by atoms with Crippen LogP contribution in [0.25, 0.3) is 5.57 Å². The lowest BCUT2D eigenvalue weighted by atomic mass is 10.0. The third-order valence-corrected chi connectivity index (χ3v) is 5.81. The lowest BCUT2D eigenvalue weighted by Crippen LogP contribution is -2.32. The minimum Gasteiger partial charge on any atom is -0.494 e. The number of nitrogens with one attached hydrogen (secondary N) is 1. The Labute approximate surface area is 201 Å². The molecule has 0 saturated heterocycles. The van der Waals surface area contributed by atoms with Crippen LogP contribution in [0.4, 0.5) is 11.4 Å². The van der Waals surface area contributed by atoms with Gasteiger partial charge in [-0.2, -0.15) is 0 Å². The molecule has 0 spiro atoms. The first-order chi connectivity index (χ1) is 16.3. The van der Waals surface area contributed by atoms with E-state index < -0.39 is 0 Å². The van der Waals surface area contributed by atoms with Crippen LogP contribution in [0.3, 0.4) is 0 Å². The number of carbonyl (C=O) groups is 2. The van der Waals surface area contributed by atoms with Crippen molar-refractivity contribution in [2.45, 2.75) is 41.0 Å². The highest BCUT2D eigenvalue weighted by Crippen LogP contribution is 2.35. The van der Waals surface area contributed by atoms with Crippen molar-refractivity contribution in [2.75, 3.05) is 16.8 Å². The molecule has 174 valence electrons. The summed E-state index contributed by atoms with van der Waals surface area (Å²) >= 11 is 0. The van der Waals surface area contributed by atoms with Crippen LogP contribution in [-0.2, 0) is 9.59 Å². The summed E-state index contributed by atoms with van der Waals surface area (Å²) in [7, 11) is 0. The van der Waals surface area contributed by atoms with Gasteiger partial charge in [0.2, 0.25) is 0 Å². The minimum atomic E-state index is -0.365. The number of carbonyl (C=O) groups excluding carboxylic acids is 2. The molecule has 1 N–H and O–H groups in total. The molecule has 0 unspecified atom stereocenters. The van der Waals surface area contributed by atoms with Gasteiger partial charge in [-0.1, -0.05) is 42.8 Å². The third-order valence-electron chi connectivity index (χ3n) is 5.81. The van der Waals surface area contributed by atoms with Crippen LogP contribution in [0, 0.1) is 27.7 Å². The summed E-state index contributed by atoms with van der Waals surface area (Å²) in [4.78, 5) is 28.7. The van der Waals surface area contributed by atoms with Crippen molar-refractivity contribution in [3.8, 4) is 5.75 Å². The second-order valence-electron chi connectivity index (χ2n) is 8.86. The van der Waals surface area contributed by atoms with Crippen LogP contribution >= 0.6 is 0 Å². The third kappa shape index (κ3) is 4.60. The fourth-order valence-corrected chi connectivity index (χ4v) is 4.25. The Morgan fingerprint density at radius 1 is 0.794 bits per heavy atom. The first-order valence-electron chi connectivity index (χ1n) is 11.6. The number of ether oxygens (including phenoxy) is 1. The SMILES string of the molecule is CCCOc1ccc(C2=C(Nc3ccc(C)cc3C)C(=O)N(c3cc(C)cc(C)c3)C2=O)cc1. The maximum Gasteiger partial charge on any atom is 0.282 e. The van der Waals surface area contributed by atoms with Crippen molar-refractivity contribution in [3.63, 3.8) is 0 Å². The summed E-state index contributed by atoms with van der Waals surface area (Å²) < 4.78 is 5.69. The molecule has 1 aliphatic rings. The highest BCUT2D eigenvalue weighted by molar-refractivity contribution is 6.46. The number of hydrogen-bond acceptors (Lipinski definition) is 4. The maximum atomic E-state index is 13.7. The largest absolute Gasteiger partial charge is 0.494 e. The molecule has 0 aliphatic carbocycles. The van der Waals surface area contributed by atoms with Gasteiger partial charge in [-0.25, -0.2) is 4.90 Å². The van der Waals surface area contributed by atoms with Crippen LogP contribution in [-0.4, -0.2) is 18.4 Å². The van der Waals surface area contributed by atoms with Crippen molar-refractivity contribution in [1.29, 1.82) is 0 Å². The Bertz CT molecular complexity index is 1270. The van der Waals surface area contributed by atoms with E-state index in [1.807, 2.05) is 88.4 Å². The van der Waals surface area contributed by atoms with E-state index in [-0.39, 0.29) is 17.5 Å². The van der Waals surface area contributed by atoms with Gasteiger partial charge in [0.15, 0.2) is 0 Å². The van der Waals surface area contributed by atoms with Gasteiger partial charge in [-0.05, 0) is 86.7 Å². The minimum absolute atomic E-state index is 0.276. The average Bonchev–Trinajstić information content (AvgIpc) is 3.03. The van der Waals surface area contributed by atoms with Crippen LogP contribution in [0.15, 0.2) is 66.4 Å². The van der Waals surface area contributed by atoms with Crippen molar-refractivity contribution in [1.82, 2.24) is 0 Å². The van der Waals surface area contributed by atoms with Crippen molar-refractivity contribution >= 4 is 28.8 Å². The van der Waals surface area contributed by atoms with E-state index in [9.17, 15) is 9.59 Å². The molecule has 0 bridgehead atoms. The highest BCUT2D eigenvalue weighted by Gasteiger charge is 2.40. The first kappa shape index (κ1) is 23.3. The van der Waals surface area contributed by atoms with Crippen molar-refractivity contribution in [3.05, 3.63) is 94.2 Å². The average molecular weight is 455 g/mol. The smallest absolute Gasteiger partial charge is 0.282 e. The van der Waals surface area contributed by atoms with Crippen LogP contribution in [0.1, 0.15) is 41.2 Å². The van der Waals surface area contributed by atoms with Crippen LogP contribution < -0.4 is 15.0 Å². The zero-order valence-corrected chi connectivity index (χ0v) is 20.4. The van der Waals surface area contributed by atoms with E-state index in [1.54, 1.807) is 0 Å². The summed E-state index contributed by atoms with van der Waals surface area (Å²) in [6, 6.07) is 19.1. The summed E-state index contributed by atoms with van der Waals surface area (Å²) in [5.41, 5.74) is 6.78. The molecule has 3 aromatic rings. The second kappa shape index (κ2) is 9.56. The molecular formula is C29H30N2O3. The number of amides is 2. The molecule has 5 heteroatoms. The number of hydrogen-bond donors (Lipinski definition) is 1. The Kier molecular flexibility index (Phi) is 6.55. The molecule has 4 rings (SSSR count). The van der Waals surface area contributed by atoms with Gasteiger partial charge in [-0.15, -0.1) is 0 Å². The molecule has 34 heavy (non-hydrogen) atoms. The molecule has 1 heterocycles. The molecule has 0 atom stereocenters. The fourth-order valence-electron chi connectivity index (χ4n) is 4.25. The number of imide groups is 1. The zero-order chi connectivity index (χ0) is 24.4. The number of nitrogens with zero attached hydrogens (tertiary/aromatic N) is 1. The summed E-state index contributed by atoms with van der Waals surface area (Å²) in [5.74, 6) is 0.0267. The normalized spacial score (nSPS) is 13.6. The second-order valence-corrected chi connectivity index (χ2v) is 8.86. The Balaban J connectivity index is 1.80. The van der Waals surface area contributed by atoms with E-state index in [4.69, 9.17) is 4.74 Å². The Morgan fingerprint density at radius 3 is 2.09 bits per heavy atom. The summed E-state index contributed by atoms with van der Waals surface area (Å²) in [6.45, 7) is 10.6. The highest BCUT2D eigenvalue weighted by atomic mass is 16.5. The van der Waals surface area contributed by atoms with Gasteiger partial charge in [0.25, 0.3) is 11.8 Å². The van der Waals surface area contributed by atoms with Crippen LogP contribution in [0.2, 0.25) is 0 Å². The standard InChI is InChI=1S/C29H30N2O3/c1-6-13-34-24-10-8-22(9-11-24)26-27(30-25-12-7-18(2)15-21(25)5)29(33)31(28(26)32)23-16-19(3)14-20(4)17-23/h7-12,14-17,30H,6,13H2,1-5H3. The predicted molar refractivity (Wildman–Crippen MR) is 137 cm³/mol. The quantitative estimate of drug-likeness (QED) is 0.438. The zero-order valence-electron chi connectivity index (χ0n) is 20.4. The maximum absolute atomic E-state index is 13.7. The molecule has 5 nitrogen and oxygen atoms in total. The van der Waals surface area contributed by atoms with Crippen molar-refractivity contribution in [2.24, 2.45) is 0 Å². The lowest BCUT2D eigenvalue weighted by Gasteiger charge is -2.17. The Morgan fingerprint density at radius 2 is 1.47 bits per heavy atom. The van der Waals surface area contributed by atoms with Gasteiger partial charge < -0.3 is 10.1 Å².